The zero-order chi connectivity index (χ0) is 10.1. The summed E-state index contributed by atoms with van der Waals surface area (Å²) in [5.41, 5.74) is 8.37. The zero-order valence-electron chi connectivity index (χ0n) is 8.79. The van der Waals surface area contributed by atoms with Crippen LogP contribution in [-0.4, -0.2) is 12.6 Å². The summed E-state index contributed by atoms with van der Waals surface area (Å²) in [4.78, 5) is 0. The van der Waals surface area contributed by atoms with Gasteiger partial charge in [0.1, 0.15) is 5.75 Å². The van der Waals surface area contributed by atoms with Crippen molar-refractivity contribution in [2.45, 2.75) is 32.2 Å². The monoisotopic (exact) mass is 191 g/mol. The molecule has 0 amide bonds. The second-order valence-electron chi connectivity index (χ2n) is 3.98. The van der Waals surface area contributed by atoms with Crippen molar-refractivity contribution in [3.8, 4) is 5.75 Å². The van der Waals surface area contributed by atoms with Gasteiger partial charge in [0, 0.05) is 12.0 Å². The maximum atomic E-state index is 5.85. The molecular weight excluding hydrogens is 174 g/mol. The molecule has 1 aromatic rings. The summed E-state index contributed by atoms with van der Waals surface area (Å²) in [5, 5.41) is 0. The van der Waals surface area contributed by atoms with Crippen LogP contribution in [0.25, 0.3) is 0 Å². The Morgan fingerprint density at radius 2 is 2.21 bits per heavy atom. The van der Waals surface area contributed by atoms with Gasteiger partial charge < -0.3 is 10.5 Å². The molecule has 14 heavy (non-hydrogen) atoms. The molecule has 1 fully saturated rings. The number of ether oxygens (including phenoxy) is 1. The molecule has 0 aromatic heterocycles. The van der Waals surface area contributed by atoms with Crippen molar-refractivity contribution >= 4 is 0 Å². The molecule has 0 heterocycles. The molecule has 0 bridgehead atoms. The van der Waals surface area contributed by atoms with Crippen molar-refractivity contribution < 1.29 is 4.74 Å². The fourth-order valence-electron chi connectivity index (χ4n) is 1.80. The van der Waals surface area contributed by atoms with Crippen LogP contribution >= 0.6 is 0 Å². The number of hydrogen-bond acceptors (Lipinski definition) is 2. The lowest BCUT2D eigenvalue weighted by molar-refractivity contribution is 0.336. The number of benzene rings is 1. The van der Waals surface area contributed by atoms with Crippen molar-refractivity contribution in [1.82, 2.24) is 0 Å². The summed E-state index contributed by atoms with van der Waals surface area (Å²) in [6, 6.07) is 6.72. The summed E-state index contributed by atoms with van der Waals surface area (Å²) in [5.74, 6) is 1.54. The van der Waals surface area contributed by atoms with Gasteiger partial charge in [-0.3, -0.25) is 0 Å². The highest BCUT2D eigenvalue weighted by molar-refractivity contribution is 5.43. The van der Waals surface area contributed by atoms with Crippen LogP contribution in [0.1, 0.15) is 30.4 Å². The molecule has 0 radical (unpaired) electrons. The minimum atomic E-state index is 0.344. The number of hydrogen-bond donors (Lipinski definition) is 1. The minimum absolute atomic E-state index is 0.344. The minimum Gasteiger partial charge on any atom is -0.494 e. The summed E-state index contributed by atoms with van der Waals surface area (Å²) in [7, 11) is 0. The lowest BCUT2D eigenvalue weighted by Gasteiger charge is -2.10. The van der Waals surface area contributed by atoms with E-state index in [0.29, 0.717) is 12.0 Å². The van der Waals surface area contributed by atoms with E-state index in [1.54, 1.807) is 0 Å². The normalized spacial score (nSPS) is 24.8. The number of nitrogens with two attached hydrogens (primary N) is 1. The lowest BCUT2D eigenvalue weighted by Crippen LogP contribution is -2.03. The van der Waals surface area contributed by atoms with Crippen LogP contribution in [0, 0.1) is 6.92 Å². The van der Waals surface area contributed by atoms with Gasteiger partial charge in [-0.1, -0.05) is 12.1 Å². The largest absolute Gasteiger partial charge is 0.494 e. The van der Waals surface area contributed by atoms with Gasteiger partial charge in [0.15, 0.2) is 0 Å². The van der Waals surface area contributed by atoms with Crippen LogP contribution in [0.5, 0.6) is 5.75 Å². The first-order valence-electron chi connectivity index (χ1n) is 5.21. The topological polar surface area (TPSA) is 35.2 Å². The van der Waals surface area contributed by atoms with Crippen LogP contribution < -0.4 is 10.5 Å². The Labute approximate surface area is 85.1 Å². The van der Waals surface area contributed by atoms with Crippen molar-refractivity contribution in [3.63, 3.8) is 0 Å². The Morgan fingerprint density at radius 3 is 2.79 bits per heavy atom. The Kier molecular flexibility index (Phi) is 2.46. The highest BCUT2D eigenvalue weighted by Gasteiger charge is 2.36. The molecule has 2 unspecified atom stereocenters. The Morgan fingerprint density at radius 1 is 1.50 bits per heavy atom. The standard InChI is InChI=1S/C12H17NO/c1-3-14-12-6-8(2)4-5-9(12)10-7-11(10)13/h4-6,10-11H,3,7,13H2,1-2H3. The summed E-state index contributed by atoms with van der Waals surface area (Å²) < 4.78 is 5.61. The van der Waals surface area contributed by atoms with Gasteiger partial charge in [-0.15, -0.1) is 0 Å². The highest BCUT2D eigenvalue weighted by Crippen LogP contribution is 2.43. The third-order valence-corrected chi connectivity index (χ3v) is 2.71. The van der Waals surface area contributed by atoms with Crippen molar-refractivity contribution in [2.75, 3.05) is 6.61 Å². The summed E-state index contributed by atoms with van der Waals surface area (Å²) >= 11 is 0. The van der Waals surface area contributed by atoms with Gasteiger partial charge >= 0.3 is 0 Å². The van der Waals surface area contributed by atoms with Crippen molar-refractivity contribution in [3.05, 3.63) is 29.3 Å². The Bertz CT molecular complexity index is 335. The molecule has 1 aliphatic carbocycles. The molecule has 0 aliphatic heterocycles. The van der Waals surface area contributed by atoms with Gasteiger partial charge in [-0.05, 0) is 37.5 Å². The van der Waals surface area contributed by atoms with E-state index in [0.717, 1.165) is 18.8 Å². The first-order valence-corrected chi connectivity index (χ1v) is 5.21. The zero-order valence-corrected chi connectivity index (χ0v) is 8.79. The Balaban J connectivity index is 2.28. The van der Waals surface area contributed by atoms with E-state index in [9.17, 15) is 0 Å². The lowest BCUT2D eigenvalue weighted by atomic mass is 10.1. The van der Waals surface area contributed by atoms with E-state index in [1.165, 1.54) is 11.1 Å². The maximum absolute atomic E-state index is 5.85. The Hall–Kier alpha value is -1.02. The molecule has 76 valence electrons. The maximum Gasteiger partial charge on any atom is 0.123 e. The van der Waals surface area contributed by atoms with Gasteiger partial charge in [-0.25, -0.2) is 0 Å². The molecule has 2 heteroatoms. The van der Waals surface area contributed by atoms with E-state index in [4.69, 9.17) is 10.5 Å². The predicted molar refractivity (Wildman–Crippen MR) is 57.7 cm³/mol. The summed E-state index contributed by atoms with van der Waals surface area (Å²) in [6.45, 7) is 4.82. The molecule has 0 saturated heterocycles. The molecule has 2 nitrogen and oxygen atoms in total. The van der Waals surface area contributed by atoms with E-state index in [-0.39, 0.29) is 0 Å². The van der Waals surface area contributed by atoms with Gasteiger partial charge in [0.2, 0.25) is 0 Å². The van der Waals surface area contributed by atoms with E-state index < -0.39 is 0 Å². The highest BCUT2D eigenvalue weighted by atomic mass is 16.5. The average Bonchev–Trinajstić information content (AvgIpc) is 2.83. The van der Waals surface area contributed by atoms with Gasteiger partial charge in [-0.2, -0.15) is 0 Å². The molecular formula is C12H17NO. The quantitative estimate of drug-likeness (QED) is 0.795. The molecule has 2 rings (SSSR count). The second-order valence-corrected chi connectivity index (χ2v) is 3.98. The first-order chi connectivity index (χ1) is 6.72. The molecule has 1 aliphatic rings. The van der Waals surface area contributed by atoms with Gasteiger partial charge in [0.25, 0.3) is 0 Å². The third-order valence-electron chi connectivity index (χ3n) is 2.71. The van der Waals surface area contributed by atoms with Crippen LogP contribution in [0.4, 0.5) is 0 Å². The molecule has 1 aromatic carbocycles. The number of aryl methyl sites for hydroxylation is 1. The van der Waals surface area contributed by atoms with Crippen molar-refractivity contribution in [2.24, 2.45) is 5.73 Å². The van der Waals surface area contributed by atoms with Crippen LogP contribution in [0.3, 0.4) is 0 Å². The molecule has 2 atom stereocenters. The van der Waals surface area contributed by atoms with Crippen LogP contribution in [0.15, 0.2) is 18.2 Å². The molecule has 2 N–H and O–H groups in total. The smallest absolute Gasteiger partial charge is 0.123 e. The SMILES string of the molecule is CCOc1cc(C)ccc1C1CC1N. The third kappa shape index (κ3) is 1.75. The average molecular weight is 191 g/mol. The van der Waals surface area contributed by atoms with Crippen molar-refractivity contribution in [1.29, 1.82) is 0 Å². The van der Waals surface area contributed by atoms with Crippen LogP contribution in [-0.2, 0) is 0 Å². The first kappa shape index (κ1) is 9.53. The van der Waals surface area contributed by atoms with Gasteiger partial charge in [0.05, 0.1) is 6.61 Å². The van der Waals surface area contributed by atoms with E-state index in [1.807, 2.05) is 6.92 Å². The summed E-state index contributed by atoms with van der Waals surface area (Å²) in [6.07, 6.45) is 1.10. The molecule has 1 saturated carbocycles. The van der Waals surface area contributed by atoms with Crippen LogP contribution in [0.2, 0.25) is 0 Å². The predicted octanol–water partition coefficient (Wildman–Crippen LogP) is 2.21. The van der Waals surface area contributed by atoms with E-state index >= 15 is 0 Å². The molecule has 0 spiro atoms. The number of rotatable bonds is 3. The fourth-order valence-corrected chi connectivity index (χ4v) is 1.80. The fraction of sp³-hybridized carbons (Fsp3) is 0.500. The second kappa shape index (κ2) is 3.62. The van der Waals surface area contributed by atoms with E-state index in [2.05, 4.69) is 25.1 Å².